The Hall–Kier alpha value is -1.99. The van der Waals surface area contributed by atoms with Gasteiger partial charge in [0.1, 0.15) is 11.4 Å². The molecule has 122 valence electrons. The number of nitrogens with one attached hydrogen (secondary N) is 2. The van der Waals surface area contributed by atoms with Gasteiger partial charge in [-0.25, -0.2) is 0 Å². The topological polar surface area (TPSA) is 72.4 Å². The van der Waals surface area contributed by atoms with Gasteiger partial charge >= 0.3 is 0 Å². The molecule has 2 N–H and O–H groups in total. The number of ether oxygens (including phenoxy) is 1. The van der Waals surface area contributed by atoms with Gasteiger partial charge in [-0.3, -0.25) is 20.4 Å². The molecule has 2 amide bonds. The van der Waals surface area contributed by atoms with Crippen molar-refractivity contribution in [3.8, 4) is 5.75 Å². The van der Waals surface area contributed by atoms with Crippen molar-refractivity contribution in [2.24, 2.45) is 7.05 Å². The number of carbonyl (C=O) groups is 2. The van der Waals surface area contributed by atoms with Gasteiger partial charge in [0.2, 0.25) is 0 Å². The average Bonchev–Trinajstić information content (AvgIpc) is 2.82. The molecule has 1 heterocycles. The molecule has 2 aromatic rings. The molecular formula is C15H15BrClN3O3. The van der Waals surface area contributed by atoms with Gasteiger partial charge < -0.3 is 9.30 Å². The molecule has 0 saturated heterocycles. The highest BCUT2D eigenvalue weighted by atomic mass is 79.9. The first kappa shape index (κ1) is 17.4. The monoisotopic (exact) mass is 399 g/mol. The number of carbonyl (C=O) groups excluding carboxylic acids is 2. The number of halogens is 2. The fourth-order valence-corrected chi connectivity index (χ4v) is 2.65. The van der Waals surface area contributed by atoms with E-state index in [1.54, 1.807) is 42.1 Å². The zero-order chi connectivity index (χ0) is 17.0. The molecule has 0 aliphatic heterocycles. The zero-order valence-electron chi connectivity index (χ0n) is 12.5. The smallest absolute Gasteiger partial charge is 0.286 e. The maximum Gasteiger partial charge on any atom is 0.286 e. The van der Waals surface area contributed by atoms with E-state index in [0.717, 1.165) is 10.0 Å². The summed E-state index contributed by atoms with van der Waals surface area (Å²) in [4.78, 5) is 23.7. The maximum atomic E-state index is 11.9. The molecule has 8 heteroatoms. The van der Waals surface area contributed by atoms with Crippen molar-refractivity contribution < 1.29 is 14.3 Å². The molecule has 6 nitrogen and oxygen atoms in total. The predicted molar refractivity (Wildman–Crippen MR) is 90.4 cm³/mol. The second kappa shape index (κ2) is 7.52. The molecule has 1 aromatic heterocycles. The molecule has 0 saturated carbocycles. The number of hydrazine groups is 1. The lowest BCUT2D eigenvalue weighted by molar-refractivity contribution is -0.123. The normalized spacial score (nSPS) is 10.3. The third-order valence-electron chi connectivity index (χ3n) is 3.02. The summed E-state index contributed by atoms with van der Waals surface area (Å²) in [5.41, 5.74) is 5.86. The van der Waals surface area contributed by atoms with E-state index < -0.39 is 11.8 Å². The average molecular weight is 401 g/mol. The second-order valence-electron chi connectivity index (χ2n) is 4.86. The van der Waals surface area contributed by atoms with Crippen LogP contribution in [0.4, 0.5) is 0 Å². The van der Waals surface area contributed by atoms with Crippen molar-refractivity contribution in [1.29, 1.82) is 0 Å². The summed E-state index contributed by atoms with van der Waals surface area (Å²) < 4.78 is 7.80. The summed E-state index contributed by atoms with van der Waals surface area (Å²) in [6, 6.07) is 6.75. The minimum absolute atomic E-state index is 0.223. The van der Waals surface area contributed by atoms with Crippen molar-refractivity contribution in [1.82, 2.24) is 15.4 Å². The van der Waals surface area contributed by atoms with E-state index in [2.05, 4.69) is 26.8 Å². The zero-order valence-corrected chi connectivity index (χ0v) is 14.9. The van der Waals surface area contributed by atoms with Crippen LogP contribution in [0.3, 0.4) is 0 Å². The minimum Gasteiger partial charge on any atom is -0.483 e. The van der Waals surface area contributed by atoms with Crippen LogP contribution in [0, 0.1) is 6.92 Å². The first-order chi connectivity index (χ1) is 10.9. The summed E-state index contributed by atoms with van der Waals surface area (Å²) in [6.45, 7) is 1.60. The molecule has 0 aliphatic rings. The molecule has 23 heavy (non-hydrogen) atoms. The highest BCUT2D eigenvalue weighted by Crippen LogP contribution is 2.21. The van der Waals surface area contributed by atoms with Crippen LogP contribution in [0.15, 0.2) is 34.9 Å². The Balaban J connectivity index is 1.83. The number of hydrogen-bond donors (Lipinski definition) is 2. The number of hydrogen-bond acceptors (Lipinski definition) is 3. The summed E-state index contributed by atoms with van der Waals surface area (Å²) in [5, 5.41) is 0.597. The number of amides is 2. The van der Waals surface area contributed by atoms with E-state index >= 15 is 0 Å². The van der Waals surface area contributed by atoms with Crippen LogP contribution in [-0.4, -0.2) is 23.0 Å². The maximum absolute atomic E-state index is 11.9. The van der Waals surface area contributed by atoms with Crippen LogP contribution in [0.5, 0.6) is 5.75 Å². The van der Waals surface area contributed by atoms with Crippen LogP contribution in [-0.2, 0) is 11.8 Å². The van der Waals surface area contributed by atoms with Gasteiger partial charge in [0, 0.05) is 22.7 Å². The molecule has 0 aliphatic carbocycles. The van der Waals surface area contributed by atoms with Gasteiger partial charge in [-0.05, 0) is 52.7 Å². The van der Waals surface area contributed by atoms with Crippen LogP contribution in [0.25, 0.3) is 0 Å². The molecule has 0 radical (unpaired) electrons. The van der Waals surface area contributed by atoms with Gasteiger partial charge in [0.25, 0.3) is 11.8 Å². The molecule has 2 rings (SSSR count). The Bertz CT molecular complexity index is 746. The Labute approximate surface area is 146 Å². The summed E-state index contributed by atoms with van der Waals surface area (Å²) in [7, 11) is 1.73. The highest BCUT2D eigenvalue weighted by molar-refractivity contribution is 9.10. The largest absolute Gasteiger partial charge is 0.483 e. The SMILES string of the molecule is Cc1cc(Cl)ccc1OCC(=O)NNC(=O)c1cc(Br)cn1C. The van der Waals surface area contributed by atoms with Gasteiger partial charge in [-0.15, -0.1) is 0 Å². The van der Waals surface area contributed by atoms with E-state index in [0.29, 0.717) is 16.5 Å². The van der Waals surface area contributed by atoms with E-state index in [9.17, 15) is 9.59 Å². The molecule has 0 unspecified atom stereocenters. The van der Waals surface area contributed by atoms with Crippen LogP contribution in [0.1, 0.15) is 16.1 Å². The quantitative estimate of drug-likeness (QED) is 0.775. The van der Waals surface area contributed by atoms with Gasteiger partial charge in [-0.1, -0.05) is 11.6 Å². The molecule has 0 atom stereocenters. The third-order valence-corrected chi connectivity index (χ3v) is 3.68. The standard InChI is InChI=1S/C15H15BrClN3O3/c1-9-5-11(17)3-4-13(9)23-8-14(21)18-19-15(22)12-6-10(16)7-20(12)2/h3-7H,8H2,1-2H3,(H,18,21)(H,19,22). The Kier molecular flexibility index (Phi) is 5.68. The van der Waals surface area contributed by atoms with Gasteiger partial charge in [-0.2, -0.15) is 0 Å². The lowest BCUT2D eigenvalue weighted by Gasteiger charge is -2.10. The number of aromatic nitrogens is 1. The number of nitrogens with zero attached hydrogens (tertiary/aromatic N) is 1. The lowest BCUT2D eigenvalue weighted by atomic mass is 10.2. The minimum atomic E-state index is -0.471. The second-order valence-corrected chi connectivity index (χ2v) is 6.21. The van der Waals surface area contributed by atoms with Crippen molar-refractivity contribution in [3.63, 3.8) is 0 Å². The van der Waals surface area contributed by atoms with Gasteiger partial charge in [0.05, 0.1) is 0 Å². The third kappa shape index (κ3) is 4.74. The van der Waals surface area contributed by atoms with Crippen molar-refractivity contribution >= 4 is 39.3 Å². The molecule has 0 fully saturated rings. The first-order valence-corrected chi connectivity index (χ1v) is 7.84. The van der Waals surface area contributed by atoms with Crippen LogP contribution in [0.2, 0.25) is 5.02 Å². The van der Waals surface area contributed by atoms with Crippen molar-refractivity contribution in [3.05, 3.63) is 51.2 Å². The van der Waals surface area contributed by atoms with E-state index in [-0.39, 0.29) is 6.61 Å². The van der Waals surface area contributed by atoms with E-state index in [4.69, 9.17) is 16.3 Å². The fourth-order valence-electron chi connectivity index (χ4n) is 1.89. The molecule has 0 bridgehead atoms. The Morgan fingerprint density at radius 2 is 2.04 bits per heavy atom. The van der Waals surface area contributed by atoms with E-state index in [1.165, 1.54) is 0 Å². The van der Waals surface area contributed by atoms with E-state index in [1.807, 2.05) is 6.92 Å². The number of benzene rings is 1. The summed E-state index contributed by atoms with van der Waals surface area (Å²) in [5.74, 6) is -0.336. The Morgan fingerprint density at radius 1 is 1.30 bits per heavy atom. The predicted octanol–water partition coefficient (Wildman–Crippen LogP) is 2.59. The number of aryl methyl sites for hydroxylation is 2. The van der Waals surface area contributed by atoms with Crippen molar-refractivity contribution in [2.45, 2.75) is 6.92 Å². The highest BCUT2D eigenvalue weighted by Gasteiger charge is 2.12. The molecule has 0 spiro atoms. The molecule has 1 aromatic carbocycles. The lowest BCUT2D eigenvalue weighted by Crippen LogP contribution is -2.44. The van der Waals surface area contributed by atoms with Crippen LogP contribution >= 0.6 is 27.5 Å². The fraction of sp³-hybridized carbons (Fsp3) is 0.200. The van der Waals surface area contributed by atoms with Gasteiger partial charge in [0.15, 0.2) is 6.61 Å². The summed E-state index contributed by atoms with van der Waals surface area (Å²) >= 11 is 9.13. The Morgan fingerprint density at radius 3 is 2.65 bits per heavy atom. The van der Waals surface area contributed by atoms with Crippen molar-refractivity contribution in [2.75, 3.05) is 6.61 Å². The first-order valence-electron chi connectivity index (χ1n) is 6.67. The summed E-state index contributed by atoms with van der Waals surface area (Å²) in [6.07, 6.45) is 1.74. The molecular weight excluding hydrogens is 386 g/mol. The van der Waals surface area contributed by atoms with Crippen LogP contribution < -0.4 is 15.6 Å². The number of rotatable bonds is 4.